The molecule has 0 N–H and O–H groups in total. The molecule has 0 saturated carbocycles. The first-order valence-electron chi connectivity index (χ1n) is 3.29. The number of ether oxygens (including phenoxy) is 2. The molecule has 0 fully saturated rings. The van der Waals surface area contributed by atoms with Gasteiger partial charge < -0.3 is 9.47 Å². The Morgan fingerprint density at radius 2 is 2.55 bits per heavy atom. The Labute approximate surface area is 63.8 Å². The molecule has 11 heavy (non-hydrogen) atoms. The zero-order chi connectivity index (χ0) is 8.27. The molecule has 1 aliphatic heterocycles. The van der Waals surface area contributed by atoms with Gasteiger partial charge in [0.25, 0.3) is 0 Å². The van der Waals surface area contributed by atoms with E-state index in [1.54, 1.807) is 6.92 Å². The van der Waals surface area contributed by atoms with Crippen molar-refractivity contribution in [1.82, 2.24) is 0 Å². The van der Waals surface area contributed by atoms with Crippen molar-refractivity contribution in [1.29, 1.82) is 0 Å². The molecule has 0 aromatic heterocycles. The average Bonchev–Trinajstić information content (AvgIpc) is 2.36. The van der Waals surface area contributed by atoms with Gasteiger partial charge in [-0.25, -0.2) is 0 Å². The molecule has 0 bridgehead atoms. The van der Waals surface area contributed by atoms with Gasteiger partial charge in [-0.15, -0.1) is 0 Å². The molecule has 0 aromatic carbocycles. The van der Waals surface area contributed by atoms with Gasteiger partial charge in [-0.3, -0.25) is 9.59 Å². The maximum Gasteiger partial charge on any atom is 0.329 e. The maximum atomic E-state index is 10.9. The normalized spacial score (nSPS) is 21.5. The molecule has 1 rings (SSSR count). The molecule has 1 heterocycles. The van der Waals surface area contributed by atoms with E-state index in [1.807, 2.05) is 0 Å². The Morgan fingerprint density at radius 3 is 3.00 bits per heavy atom. The summed E-state index contributed by atoms with van der Waals surface area (Å²) in [6.45, 7) is 1.96. The summed E-state index contributed by atoms with van der Waals surface area (Å²) in [5, 5.41) is 0. The van der Waals surface area contributed by atoms with Crippen LogP contribution >= 0.6 is 0 Å². The van der Waals surface area contributed by atoms with Crippen molar-refractivity contribution in [2.45, 2.75) is 6.92 Å². The molecule has 0 aromatic rings. The molecule has 1 atom stereocenters. The van der Waals surface area contributed by atoms with Crippen LogP contribution in [-0.4, -0.2) is 18.5 Å². The van der Waals surface area contributed by atoms with Crippen molar-refractivity contribution in [3.05, 3.63) is 12.3 Å². The summed E-state index contributed by atoms with van der Waals surface area (Å²) in [5.41, 5.74) is 0. The highest BCUT2D eigenvalue weighted by Crippen LogP contribution is 2.11. The second kappa shape index (κ2) is 3.18. The molecule has 1 unspecified atom stereocenters. The van der Waals surface area contributed by atoms with Crippen LogP contribution in [0.1, 0.15) is 6.92 Å². The Balaban J connectivity index is 2.53. The van der Waals surface area contributed by atoms with E-state index in [1.165, 1.54) is 12.3 Å². The van der Waals surface area contributed by atoms with Gasteiger partial charge in [0.1, 0.15) is 0 Å². The van der Waals surface area contributed by atoms with E-state index in [-0.39, 0.29) is 6.61 Å². The zero-order valence-corrected chi connectivity index (χ0v) is 6.07. The minimum atomic E-state index is -0.852. The van der Waals surface area contributed by atoms with Crippen LogP contribution < -0.4 is 0 Å². The Morgan fingerprint density at radius 1 is 1.82 bits per heavy atom. The number of hydrogen-bond acceptors (Lipinski definition) is 4. The van der Waals surface area contributed by atoms with E-state index < -0.39 is 17.9 Å². The minimum Gasteiger partial charge on any atom is -0.465 e. The van der Waals surface area contributed by atoms with Gasteiger partial charge in [-0.2, -0.15) is 0 Å². The second-order valence-electron chi connectivity index (χ2n) is 2.00. The topological polar surface area (TPSA) is 52.6 Å². The van der Waals surface area contributed by atoms with E-state index in [0.717, 1.165) is 0 Å². The molecule has 0 aliphatic carbocycles. The fourth-order valence-electron chi connectivity index (χ4n) is 0.744. The van der Waals surface area contributed by atoms with Crippen LogP contribution in [0, 0.1) is 5.92 Å². The number of carbonyl (C=O) groups is 2. The lowest BCUT2D eigenvalue weighted by Gasteiger charge is -2.02. The summed E-state index contributed by atoms with van der Waals surface area (Å²) in [4.78, 5) is 21.6. The molecule has 60 valence electrons. The Bertz CT molecular complexity index is 206. The van der Waals surface area contributed by atoms with Gasteiger partial charge >= 0.3 is 11.9 Å². The van der Waals surface area contributed by atoms with Crippen LogP contribution in [0.4, 0.5) is 0 Å². The molecule has 0 radical (unpaired) electrons. The average molecular weight is 156 g/mol. The predicted octanol–water partition coefficient (Wildman–Crippen LogP) is 0.236. The first-order valence-corrected chi connectivity index (χ1v) is 3.29. The van der Waals surface area contributed by atoms with Gasteiger partial charge in [0.15, 0.2) is 5.92 Å². The Kier molecular flexibility index (Phi) is 2.25. The summed E-state index contributed by atoms with van der Waals surface area (Å²) in [7, 11) is 0. The molecule has 0 spiro atoms. The molecule has 4 nitrogen and oxygen atoms in total. The monoisotopic (exact) mass is 156 g/mol. The maximum absolute atomic E-state index is 10.9. The molecular formula is C7H8O4. The molecule has 4 heteroatoms. The van der Waals surface area contributed by atoms with Gasteiger partial charge in [-0.05, 0) is 13.0 Å². The first kappa shape index (κ1) is 7.78. The number of cyclic esters (lactones) is 1. The standard InChI is InChI=1S/C7H8O4/c1-2-10-6(8)5-3-4-11-7(5)9/h3-5H,2H2,1H3. The SMILES string of the molecule is CCOC(=O)C1C=COC1=O. The summed E-state index contributed by atoms with van der Waals surface area (Å²) < 4.78 is 9.02. The van der Waals surface area contributed by atoms with Crippen molar-refractivity contribution in [3.8, 4) is 0 Å². The molecule has 1 aliphatic rings. The first-order chi connectivity index (χ1) is 5.25. The highest BCUT2D eigenvalue weighted by molar-refractivity contribution is 5.98. The van der Waals surface area contributed by atoms with E-state index >= 15 is 0 Å². The van der Waals surface area contributed by atoms with Gasteiger partial charge in [0, 0.05) is 0 Å². The lowest BCUT2D eigenvalue weighted by molar-refractivity contribution is -0.154. The summed E-state index contributed by atoms with van der Waals surface area (Å²) in [6.07, 6.45) is 2.57. The van der Waals surface area contributed by atoms with Crippen molar-refractivity contribution in [2.75, 3.05) is 6.61 Å². The Hall–Kier alpha value is -1.32. The van der Waals surface area contributed by atoms with Crippen LogP contribution in [0.25, 0.3) is 0 Å². The fourth-order valence-corrected chi connectivity index (χ4v) is 0.744. The summed E-state index contributed by atoms with van der Waals surface area (Å²) in [6, 6.07) is 0. The van der Waals surface area contributed by atoms with Gasteiger partial charge in [-0.1, -0.05) is 0 Å². The fraction of sp³-hybridized carbons (Fsp3) is 0.429. The summed E-state index contributed by atoms with van der Waals surface area (Å²) in [5.74, 6) is -1.97. The van der Waals surface area contributed by atoms with Crippen LogP contribution in [0.5, 0.6) is 0 Å². The van der Waals surface area contributed by atoms with Crippen molar-refractivity contribution >= 4 is 11.9 Å². The third-order valence-corrected chi connectivity index (χ3v) is 1.25. The molecule has 0 saturated heterocycles. The van der Waals surface area contributed by atoms with Crippen molar-refractivity contribution in [2.24, 2.45) is 5.92 Å². The minimum absolute atomic E-state index is 0.274. The second-order valence-corrected chi connectivity index (χ2v) is 2.00. The van der Waals surface area contributed by atoms with E-state index in [9.17, 15) is 9.59 Å². The molecule has 0 amide bonds. The van der Waals surface area contributed by atoms with E-state index in [4.69, 9.17) is 0 Å². The van der Waals surface area contributed by atoms with Crippen molar-refractivity contribution < 1.29 is 19.1 Å². The number of carbonyl (C=O) groups excluding carboxylic acids is 2. The highest BCUT2D eigenvalue weighted by atomic mass is 16.6. The van der Waals surface area contributed by atoms with Crippen LogP contribution in [0.3, 0.4) is 0 Å². The number of rotatable bonds is 2. The predicted molar refractivity (Wildman–Crippen MR) is 35.4 cm³/mol. The van der Waals surface area contributed by atoms with E-state index in [2.05, 4.69) is 9.47 Å². The van der Waals surface area contributed by atoms with Gasteiger partial charge in [0.05, 0.1) is 12.9 Å². The zero-order valence-electron chi connectivity index (χ0n) is 6.07. The largest absolute Gasteiger partial charge is 0.465 e. The molecular weight excluding hydrogens is 148 g/mol. The number of esters is 2. The lowest BCUT2D eigenvalue weighted by Crippen LogP contribution is -2.21. The highest BCUT2D eigenvalue weighted by Gasteiger charge is 2.30. The smallest absolute Gasteiger partial charge is 0.329 e. The van der Waals surface area contributed by atoms with Gasteiger partial charge in [0.2, 0.25) is 0 Å². The quantitative estimate of drug-likeness (QED) is 0.424. The third-order valence-electron chi connectivity index (χ3n) is 1.25. The summed E-state index contributed by atoms with van der Waals surface area (Å²) >= 11 is 0. The van der Waals surface area contributed by atoms with Crippen LogP contribution in [0.15, 0.2) is 12.3 Å². The lowest BCUT2D eigenvalue weighted by atomic mass is 10.2. The van der Waals surface area contributed by atoms with E-state index in [0.29, 0.717) is 0 Å². The van der Waals surface area contributed by atoms with Crippen LogP contribution in [-0.2, 0) is 19.1 Å². The number of hydrogen-bond donors (Lipinski definition) is 0. The van der Waals surface area contributed by atoms with Crippen molar-refractivity contribution in [3.63, 3.8) is 0 Å². The third kappa shape index (κ3) is 1.58. The van der Waals surface area contributed by atoms with Crippen LogP contribution in [0.2, 0.25) is 0 Å².